The molecule has 1 saturated heterocycles. The van der Waals surface area contributed by atoms with Gasteiger partial charge in [0.1, 0.15) is 6.54 Å². The summed E-state index contributed by atoms with van der Waals surface area (Å²) >= 11 is 0. The first-order valence-corrected chi connectivity index (χ1v) is 7.25. The van der Waals surface area contributed by atoms with Gasteiger partial charge >= 0.3 is 5.97 Å². The molecule has 1 aromatic heterocycles. The number of fused-ring (bicyclic) bond motifs is 1. The molecule has 1 aromatic carbocycles. The number of rotatable bonds is 3. The zero-order valence-electron chi connectivity index (χ0n) is 11.8. The van der Waals surface area contributed by atoms with Crippen LogP contribution in [0.3, 0.4) is 0 Å². The Morgan fingerprint density at radius 3 is 2.62 bits per heavy atom. The Hall–Kier alpha value is -2.30. The summed E-state index contributed by atoms with van der Waals surface area (Å²) < 4.78 is 1.24. The molecule has 0 bridgehead atoms. The van der Waals surface area contributed by atoms with Crippen LogP contribution >= 0.6 is 0 Å². The smallest absolute Gasteiger partial charge is 0.323 e. The van der Waals surface area contributed by atoms with Crippen LogP contribution in [-0.2, 0) is 11.3 Å². The number of carbonyl (C=O) groups is 1. The van der Waals surface area contributed by atoms with Crippen molar-refractivity contribution >= 4 is 22.4 Å². The van der Waals surface area contributed by atoms with Gasteiger partial charge in [-0.25, -0.2) is 0 Å². The summed E-state index contributed by atoms with van der Waals surface area (Å²) in [6.45, 7) is 1.73. The topological polar surface area (TPSA) is 62.5 Å². The molecule has 3 rings (SSSR count). The summed E-state index contributed by atoms with van der Waals surface area (Å²) in [4.78, 5) is 25.5. The van der Waals surface area contributed by atoms with E-state index in [9.17, 15) is 9.59 Å². The van der Waals surface area contributed by atoms with E-state index < -0.39 is 5.97 Å². The minimum atomic E-state index is -1.01. The normalized spacial score (nSPS) is 15.3. The molecule has 2 aromatic rings. The lowest BCUT2D eigenvalue weighted by molar-refractivity contribution is -0.137. The summed E-state index contributed by atoms with van der Waals surface area (Å²) in [6.07, 6.45) is 5.15. The summed E-state index contributed by atoms with van der Waals surface area (Å²) in [5, 5.41) is 10.3. The second-order valence-electron chi connectivity index (χ2n) is 5.46. The third-order valence-corrected chi connectivity index (χ3v) is 3.99. The Morgan fingerprint density at radius 1 is 1.14 bits per heavy atom. The van der Waals surface area contributed by atoms with Crippen LogP contribution < -0.4 is 10.5 Å². The van der Waals surface area contributed by atoms with Crippen LogP contribution in [0.25, 0.3) is 10.8 Å². The fourth-order valence-electron chi connectivity index (χ4n) is 2.89. The minimum absolute atomic E-state index is 0.242. The van der Waals surface area contributed by atoms with Gasteiger partial charge in [0.25, 0.3) is 5.56 Å². The SMILES string of the molecule is O=C(O)Cn1ccc2ccc(N3CCCCC3)cc2c1=O. The molecule has 5 heteroatoms. The molecule has 5 nitrogen and oxygen atoms in total. The second kappa shape index (κ2) is 5.60. The van der Waals surface area contributed by atoms with Gasteiger partial charge in [0, 0.05) is 30.4 Å². The Balaban J connectivity index is 2.04. The van der Waals surface area contributed by atoms with Crippen molar-refractivity contribution < 1.29 is 9.90 Å². The van der Waals surface area contributed by atoms with Crippen LogP contribution in [0.1, 0.15) is 19.3 Å². The largest absolute Gasteiger partial charge is 0.480 e. The molecule has 0 unspecified atom stereocenters. The maximum atomic E-state index is 12.4. The first-order chi connectivity index (χ1) is 10.1. The molecule has 110 valence electrons. The first-order valence-electron chi connectivity index (χ1n) is 7.25. The summed E-state index contributed by atoms with van der Waals surface area (Å²) in [6, 6.07) is 7.65. The average Bonchev–Trinajstić information content (AvgIpc) is 2.50. The van der Waals surface area contributed by atoms with Gasteiger partial charge in [-0.3, -0.25) is 9.59 Å². The van der Waals surface area contributed by atoms with Crippen LogP contribution in [0.4, 0.5) is 5.69 Å². The average molecular weight is 286 g/mol. The Morgan fingerprint density at radius 2 is 1.90 bits per heavy atom. The van der Waals surface area contributed by atoms with Crippen molar-refractivity contribution in [3.8, 4) is 0 Å². The molecule has 1 fully saturated rings. The number of nitrogens with zero attached hydrogens (tertiary/aromatic N) is 2. The number of aromatic nitrogens is 1. The van der Waals surface area contributed by atoms with Crippen molar-refractivity contribution in [1.29, 1.82) is 0 Å². The second-order valence-corrected chi connectivity index (χ2v) is 5.46. The lowest BCUT2D eigenvalue weighted by Gasteiger charge is -2.29. The molecule has 0 saturated carbocycles. The van der Waals surface area contributed by atoms with Gasteiger partial charge in [-0.2, -0.15) is 0 Å². The van der Waals surface area contributed by atoms with Gasteiger partial charge in [0.2, 0.25) is 0 Å². The number of carboxylic acids is 1. The van der Waals surface area contributed by atoms with Gasteiger partial charge < -0.3 is 14.6 Å². The number of pyridine rings is 1. The quantitative estimate of drug-likeness (QED) is 0.938. The van der Waals surface area contributed by atoms with Crippen LogP contribution in [-0.4, -0.2) is 28.7 Å². The summed E-state index contributed by atoms with van der Waals surface area (Å²) in [5.41, 5.74) is 0.807. The molecule has 1 aliphatic heterocycles. The van der Waals surface area contributed by atoms with Crippen molar-refractivity contribution in [1.82, 2.24) is 4.57 Å². The van der Waals surface area contributed by atoms with Crippen molar-refractivity contribution in [2.45, 2.75) is 25.8 Å². The van der Waals surface area contributed by atoms with Crippen LogP contribution in [0.15, 0.2) is 35.3 Å². The molecule has 0 aliphatic carbocycles. The molecule has 1 N–H and O–H groups in total. The zero-order valence-corrected chi connectivity index (χ0v) is 11.8. The Bertz CT molecular complexity index is 730. The van der Waals surface area contributed by atoms with E-state index in [1.54, 1.807) is 12.3 Å². The van der Waals surface area contributed by atoms with Crippen molar-refractivity contribution in [3.63, 3.8) is 0 Å². The van der Waals surface area contributed by atoms with E-state index in [1.807, 2.05) is 18.2 Å². The van der Waals surface area contributed by atoms with E-state index in [0.717, 1.165) is 24.2 Å². The molecule has 0 radical (unpaired) electrons. The minimum Gasteiger partial charge on any atom is -0.480 e. The number of benzene rings is 1. The monoisotopic (exact) mass is 286 g/mol. The number of piperidine rings is 1. The van der Waals surface area contributed by atoms with Gasteiger partial charge in [0.05, 0.1) is 0 Å². The lowest BCUT2D eigenvalue weighted by atomic mass is 10.1. The Labute approximate surface area is 122 Å². The molecular weight excluding hydrogens is 268 g/mol. The number of hydrogen-bond acceptors (Lipinski definition) is 3. The highest BCUT2D eigenvalue weighted by molar-refractivity contribution is 5.85. The van der Waals surface area contributed by atoms with E-state index in [0.29, 0.717) is 5.39 Å². The standard InChI is InChI=1S/C16H18N2O3/c19-15(20)11-18-9-6-12-4-5-13(10-14(12)16(18)21)17-7-2-1-3-8-17/h4-6,9-10H,1-3,7-8,11H2,(H,19,20). The lowest BCUT2D eigenvalue weighted by Crippen LogP contribution is -2.29. The maximum absolute atomic E-state index is 12.4. The molecular formula is C16H18N2O3. The third kappa shape index (κ3) is 2.77. The number of anilines is 1. The van der Waals surface area contributed by atoms with Gasteiger partial charge in [-0.1, -0.05) is 6.07 Å². The van der Waals surface area contributed by atoms with Crippen molar-refractivity contribution in [2.75, 3.05) is 18.0 Å². The number of hydrogen-bond donors (Lipinski definition) is 1. The van der Waals surface area contributed by atoms with Gasteiger partial charge in [-0.05, 0) is 42.8 Å². The first kappa shape index (κ1) is 13.7. The van der Waals surface area contributed by atoms with Crippen LogP contribution in [0.2, 0.25) is 0 Å². The predicted octanol–water partition coefficient (Wildman–Crippen LogP) is 2.08. The summed E-state index contributed by atoms with van der Waals surface area (Å²) in [5.74, 6) is -1.01. The number of carboxylic acid groups (broad SMARTS) is 1. The van der Waals surface area contributed by atoms with Crippen molar-refractivity contribution in [3.05, 3.63) is 40.8 Å². The van der Waals surface area contributed by atoms with Gasteiger partial charge in [-0.15, -0.1) is 0 Å². The van der Waals surface area contributed by atoms with Gasteiger partial charge in [0.15, 0.2) is 0 Å². The van der Waals surface area contributed by atoms with Crippen LogP contribution in [0.5, 0.6) is 0 Å². The highest BCUT2D eigenvalue weighted by Crippen LogP contribution is 2.23. The van der Waals surface area contributed by atoms with Crippen molar-refractivity contribution in [2.24, 2.45) is 0 Å². The van der Waals surface area contributed by atoms with E-state index >= 15 is 0 Å². The van der Waals surface area contributed by atoms with E-state index in [-0.39, 0.29) is 12.1 Å². The van der Waals surface area contributed by atoms with E-state index in [2.05, 4.69) is 4.90 Å². The highest BCUT2D eigenvalue weighted by atomic mass is 16.4. The molecule has 21 heavy (non-hydrogen) atoms. The van der Waals surface area contributed by atoms with E-state index in [4.69, 9.17) is 5.11 Å². The molecule has 0 spiro atoms. The van der Waals surface area contributed by atoms with E-state index in [1.165, 1.54) is 23.8 Å². The third-order valence-electron chi connectivity index (χ3n) is 3.99. The maximum Gasteiger partial charge on any atom is 0.323 e. The molecule has 0 atom stereocenters. The number of aliphatic carboxylic acids is 1. The molecule has 1 aliphatic rings. The Kier molecular flexibility index (Phi) is 3.64. The summed E-state index contributed by atoms with van der Waals surface area (Å²) in [7, 11) is 0. The fourth-order valence-corrected chi connectivity index (χ4v) is 2.89. The zero-order chi connectivity index (χ0) is 14.8. The highest BCUT2D eigenvalue weighted by Gasteiger charge is 2.13. The predicted molar refractivity (Wildman–Crippen MR) is 81.9 cm³/mol. The van der Waals surface area contributed by atoms with Crippen LogP contribution in [0, 0.1) is 0 Å². The molecule has 0 amide bonds. The fraction of sp³-hybridized carbons (Fsp3) is 0.375. The molecule has 2 heterocycles.